The molecule has 0 saturated carbocycles. The van der Waals surface area contributed by atoms with Gasteiger partial charge in [-0.15, -0.1) is 0 Å². The molecule has 1 N–H and O–H groups in total. The van der Waals surface area contributed by atoms with Crippen molar-refractivity contribution in [2.45, 2.75) is 25.5 Å². The molecule has 1 aliphatic rings. The molecule has 0 aliphatic carbocycles. The summed E-state index contributed by atoms with van der Waals surface area (Å²) in [5.41, 5.74) is 2.85. The molecule has 1 fully saturated rings. The highest BCUT2D eigenvalue weighted by molar-refractivity contribution is 5.70. The Bertz CT molecular complexity index is 1020. The van der Waals surface area contributed by atoms with Gasteiger partial charge in [0.2, 0.25) is 0 Å². The van der Waals surface area contributed by atoms with Crippen LogP contribution in [0.15, 0.2) is 78.9 Å². The van der Waals surface area contributed by atoms with Gasteiger partial charge >= 0.3 is 5.97 Å². The third-order valence-corrected chi connectivity index (χ3v) is 5.75. The summed E-state index contributed by atoms with van der Waals surface area (Å²) in [6.45, 7) is 1.66. The third-order valence-electron chi connectivity index (χ3n) is 5.75. The van der Waals surface area contributed by atoms with E-state index in [0.29, 0.717) is 19.6 Å². The molecule has 4 nitrogen and oxygen atoms in total. The van der Waals surface area contributed by atoms with E-state index in [9.17, 15) is 14.3 Å². The van der Waals surface area contributed by atoms with Gasteiger partial charge in [-0.3, -0.25) is 9.69 Å². The summed E-state index contributed by atoms with van der Waals surface area (Å²) >= 11 is 0. The minimum atomic E-state index is -0.775. The summed E-state index contributed by atoms with van der Waals surface area (Å²) in [7, 11) is 0. The van der Waals surface area contributed by atoms with Crippen LogP contribution in [-0.4, -0.2) is 29.1 Å². The molecule has 2 atom stereocenters. The first kappa shape index (κ1) is 21.1. The third kappa shape index (κ3) is 5.30. The summed E-state index contributed by atoms with van der Waals surface area (Å²) in [5.74, 6) is -0.759. The van der Waals surface area contributed by atoms with Gasteiger partial charge in [0, 0.05) is 6.54 Å². The summed E-state index contributed by atoms with van der Waals surface area (Å²) in [6, 6.07) is 24.1. The first-order valence-electron chi connectivity index (χ1n) is 10.6. The van der Waals surface area contributed by atoms with Crippen LogP contribution in [0.3, 0.4) is 0 Å². The lowest BCUT2D eigenvalue weighted by Crippen LogP contribution is -2.41. The number of ether oxygens (including phenoxy) is 1. The van der Waals surface area contributed by atoms with Crippen LogP contribution in [0.5, 0.6) is 5.75 Å². The number of rotatable bonds is 7. The molecule has 160 valence electrons. The molecule has 0 amide bonds. The van der Waals surface area contributed by atoms with Crippen LogP contribution >= 0.6 is 0 Å². The highest BCUT2D eigenvalue weighted by Gasteiger charge is 2.31. The van der Waals surface area contributed by atoms with Gasteiger partial charge in [-0.1, -0.05) is 54.6 Å². The molecular formula is C26H26FNO3. The van der Waals surface area contributed by atoms with E-state index < -0.39 is 11.9 Å². The maximum atomic E-state index is 14.1. The van der Waals surface area contributed by atoms with Gasteiger partial charge in [-0.25, -0.2) is 4.39 Å². The Labute approximate surface area is 181 Å². The quantitative estimate of drug-likeness (QED) is 0.565. The number of halogens is 1. The number of benzene rings is 3. The Balaban J connectivity index is 1.63. The van der Waals surface area contributed by atoms with Crippen molar-refractivity contribution in [3.63, 3.8) is 0 Å². The summed E-state index contributed by atoms with van der Waals surface area (Å²) in [6.07, 6.45) is 1.47. The second-order valence-electron chi connectivity index (χ2n) is 7.98. The zero-order valence-corrected chi connectivity index (χ0v) is 17.3. The molecule has 31 heavy (non-hydrogen) atoms. The van der Waals surface area contributed by atoms with Crippen LogP contribution in [0, 0.1) is 11.7 Å². The molecule has 1 aliphatic heterocycles. The van der Waals surface area contributed by atoms with Crippen molar-refractivity contribution >= 4 is 5.97 Å². The highest BCUT2D eigenvalue weighted by atomic mass is 19.1. The molecule has 3 aromatic carbocycles. The Kier molecular flexibility index (Phi) is 6.63. The number of hydrogen-bond acceptors (Lipinski definition) is 3. The van der Waals surface area contributed by atoms with Crippen molar-refractivity contribution < 1.29 is 19.0 Å². The van der Waals surface area contributed by atoms with Gasteiger partial charge < -0.3 is 9.84 Å². The smallest absolute Gasteiger partial charge is 0.307 e. The average Bonchev–Trinajstić information content (AvgIpc) is 2.79. The van der Waals surface area contributed by atoms with Crippen molar-refractivity contribution in [1.29, 1.82) is 0 Å². The van der Waals surface area contributed by atoms with E-state index in [2.05, 4.69) is 4.90 Å². The fraction of sp³-hybridized carbons (Fsp3) is 0.269. The first-order valence-corrected chi connectivity index (χ1v) is 10.6. The molecular weight excluding hydrogens is 393 g/mol. The Morgan fingerprint density at radius 1 is 1.03 bits per heavy atom. The maximum absolute atomic E-state index is 14.1. The normalized spacial score (nSPS) is 17.8. The maximum Gasteiger partial charge on any atom is 0.307 e. The second-order valence-corrected chi connectivity index (χ2v) is 7.98. The van der Waals surface area contributed by atoms with Crippen LogP contribution in [0.4, 0.5) is 4.39 Å². The molecule has 5 heteroatoms. The highest BCUT2D eigenvalue weighted by Crippen LogP contribution is 2.34. The zero-order valence-electron chi connectivity index (χ0n) is 17.3. The predicted molar refractivity (Wildman–Crippen MR) is 117 cm³/mol. The van der Waals surface area contributed by atoms with Crippen molar-refractivity contribution in [3.8, 4) is 5.75 Å². The van der Waals surface area contributed by atoms with E-state index in [4.69, 9.17) is 4.74 Å². The van der Waals surface area contributed by atoms with Crippen LogP contribution in [0.2, 0.25) is 0 Å². The topological polar surface area (TPSA) is 49.8 Å². The number of hydrogen-bond donors (Lipinski definition) is 1. The molecule has 1 saturated heterocycles. The SMILES string of the molecule is O=C(O)C1CCCN(C(c2cccc(F)c2)c2cccc(OCc3ccccc3)c2)C1. The van der Waals surface area contributed by atoms with Crippen LogP contribution < -0.4 is 4.74 Å². The molecule has 2 unspecified atom stereocenters. The predicted octanol–water partition coefficient (Wildman–Crippen LogP) is 5.29. The number of carboxylic acids is 1. The lowest BCUT2D eigenvalue weighted by atomic mass is 9.91. The number of carbonyl (C=O) groups is 1. The first-order chi connectivity index (χ1) is 15.1. The number of aliphatic carboxylic acids is 1. The Hall–Kier alpha value is -3.18. The Morgan fingerprint density at radius 2 is 1.77 bits per heavy atom. The van der Waals surface area contributed by atoms with Crippen LogP contribution in [-0.2, 0) is 11.4 Å². The van der Waals surface area contributed by atoms with E-state index in [1.54, 1.807) is 6.07 Å². The zero-order chi connectivity index (χ0) is 21.6. The number of carboxylic acid groups (broad SMARTS) is 1. The van der Waals surface area contributed by atoms with Crippen molar-refractivity contribution in [3.05, 3.63) is 101 Å². The lowest BCUT2D eigenvalue weighted by Gasteiger charge is -2.37. The van der Waals surface area contributed by atoms with Gasteiger partial charge in [-0.05, 0) is 60.3 Å². The molecule has 4 rings (SSSR count). The van der Waals surface area contributed by atoms with E-state index in [1.165, 1.54) is 12.1 Å². The minimum Gasteiger partial charge on any atom is -0.489 e. The van der Waals surface area contributed by atoms with Gasteiger partial charge in [0.05, 0.1) is 12.0 Å². The van der Waals surface area contributed by atoms with E-state index in [0.717, 1.165) is 35.4 Å². The lowest BCUT2D eigenvalue weighted by molar-refractivity contribution is -0.143. The average molecular weight is 419 g/mol. The molecule has 0 spiro atoms. The Morgan fingerprint density at radius 3 is 2.52 bits per heavy atom. The molecule has 0 aromatic heterocycles. The van der Waals surface area contributed by atoms with Gasteiger partial charge in [-0.2, -0.15) is 0 Å². The van der Waals surface area contributed by atoms with Crippen molar-refractivity contribution in [2.24, 2.45) is 5.92 Å². The van der Waals surface area contributed by atoms with E-state index in [1.807, 2.05) is 60.7 Å². The van der Waals surface area contributed by atoms with Crippen LogP contribution in [0.1, 0.15) is 35.6 Å². The summed E-state index contributed by atoms with van der Waals surface area (Å²) < 4.78 is 20.1. The van der Waals surface area contributed by atoms with E-state index >= 15 is 0 Å². The monoisotopic (exact) mass is 419 g/mol. The van der Waals surface area contributed by atoms with Gasteiger partial charge in [0.15, 0.2) is 0 Å². The number of nitrogens with zero attached hydrogens (tertiary/aromatic N) is 1. The van der Waals surface area contributed by atoms with Crippen molar-refractivity contribution in [1.82, 2.24) is 4.90 Å². The number of piperidine rings is 1. The fourth-order valence-corrected chi connectivity index (χ4v) is 4.25. The summed E-state index contributed by atoms with van der Waals surface area (Å²) in [5, 5.41) is 9.54. The molecule has 0 bridgehead atoms. The second kappa shape index (κ2) is 9.75. The molecule has 1 heterocycles. The van der Waals surface area contributed by atoms with E-state index in [-0.39, 0.29) is 11.9 Å². The van der Waals surface area contributed by atoms with Crippen LogP contribution in [0.25, 0.3) is 0 Å². The molecule has 3 aromatic rings. The largest absolute Gasteiger partial charge is 0.489 e. The standard InChI is InChI=1S/C26H26FNO3/c27-23-12-4-9-20(15-23)25(28-14-6-11-22(17-28)26(29)30)21-10-5-13-24(16-21)31-18-19-7-2-1-3-8-19/h1-5,7-10,12-13,15-16,22,25H,6,11,14,17-18H2,(H,29,30). The minimum absolute atomic E-state index is 0.238. The van der Waals surface area contributed by atoms with Crippen molar-refractivity contribution in [2.75, 3.05) is 13.1 Å². The summed E-state index contributed by atoms with van der Waals surface area (Å²) in [4.78, 5) is 13.8. The van der Waals surface area contributed by atoms with Gasteiger partial charge in [0.25, 0.3) is 0 Å². The number of likely N-dealkylation sites (tertiary alicyclic amines) is 1. The molecule has 0 radical (unpaired) electrons. The van der Waals surface area contributed by atoms with Gasteiger partial charge in [0.1, 0.15) is 18.2 Å². The fourth-order valence-electron chi connectivity index (χ4n) is 4.25.